The minimum Gasteiger partial charge on any atom is -0.348 e. The van der Waals surface area contributed by atoms with E-state index in [4.69, 9.17) is 9.47 Å². The average Bonchev–Trinajstić information content (AvgIpc) is 3.19. The summed E-state index contributed by atoms with van der Waals surface area (Å²) in [4.78, 5) is 31.5. The predicted octanol–water partition coefficient (Wildman–Crippen LogP) is 1.15. The number of ether oxygens (including phenoxy) is 2. The van der Waals surface area contributed by atoms with Gasteiger partial charge in [0.15, 0.2) is 6.29 Å². The van der Waals surface area contributed by atoms with E-state index in [1.807, 2.05) is 6.07 Å². The molecule has 1 atom stereocenters. The summed E-state index contributed by atoms with van der Waals surface area (Å²) in [6.45, 7) is 1.79. The molecular weight excluding hydrogens is 322 g/mol. The van der Waals surface area contributed by atoms with Crippen LogP contribution in [0.2, 0.25) is 0 Å². The van der Waals surface area contributed by atoms with Crippen LogP contribution >= 0.6 is 0 Å². The lowest BCUT2D eigenvalue weighted by Gasteiger charge is -2.38. The summed E-state index contributed by atoms with van der Waals surface area (Å²) in [5.41, 5.74) is 0.445. The van der Waals surface area contributed by atoms with Crippen molar-refractivity contribution in [3.8, 4) is 0 Å². The Kier molecular flexibility index (Phi) is 4.50. The van der Waals surface area contributed by atoms with Crippen LogP contribution in [0.4, 0.5) is 0 Å². The molecule has 2 saturated heterocycles. The van der Waals surface area contributed by atoms with Crippen LogP contribution in [0.3, 0.4) is 0 Å². The fourth-order valence-corrected chi connectivity index (χ4v) is 3.60. The first-order valence-corrected chi connectivity index (χ1v) is 8.71. The monoisotopic (exact) mass is 343 g/mol. The largest absolute Gasteiger partial charge is 0.348 e. The van der Waals surface area contributed by atoms with Crippen molar-refractivity contribution in [3.05, 3.63) is 40.9 Å². The maximum absolute atomic E-state index is 12.9. The number of rotatable bonds is 3. The van der Waals surface area contributed by atoms with Gasteiger partial charge in [-0.2, -0.15) is 0 Å². The second-order valence-corrected chi connectivity index (χ2v) is 6.46. The summed E-state index contributed by atoms with van der Waals surface area (Å²) in [6, 6.07) is 7.08. The molecule has 1 unspecified atom stereocenters. The Labute approximate surface area is 145 Å². The molecule has 1 amide bonds. The second-order valence-electron chi connectivity index (χ2n) is 6.46. The fraction of sp³-hybridized carbons (Fsp3) is 0.500. The molecule has 3 heterocycles. The number of hydrogen-bond donors (Lipinski definition) is 0. The van der Waals surface area contributed by atoms with Crippen molar-refractivity contribution >= 4 is 16.8 Å². The number of hydrogen-bond acceptors (Lipinski definition) is 5. The molecule has 2 fully saturated rings. The van der Waals surface area contributed by atoms with E-state index in [1.165, 1.54) is 10.9 Å². The molecule has 2 aliphatic rings. The summed E-state index contributed by atoms with van der Waals surface area (Å²) in [5, 5.41) is 0.524. The highest BCUT2D eigenvalue weighted by Crippen LogP contribution is 2.24. The Bertz CT molecular complexity index is 828. The average molecular weight is 343 g/mol. The van der Waals surface area contributed by atoms with Crippen LogP contribution in [0.5, 0.6) is 0 Å². The zero-order valence-electron chi connectivity index (χ0n) is 14.0. The van der Waals surface area contributed by atoms with E-state index in [2.05, 4.69) is 4.98 Å². The van der Waals surface area contributed by atoms with Crippen molar-refractivity contribution in [2.24, 2.45) is 0 Å². The minimum atomic E-state index is -0.351. The van der Waals surface area contributed by atoms with E-state index in [0.717, 1.165) is 19.3 Å². The van der Waals surface area contributed by atoms with Gasteiger partial charge in [-0.05, 0) is 31.4 Å². The van der Waals surface area contributed by atoms with Crippen LogP contribution in [-0.2, 0) is 20.8 Å². The molecule has 4 rings (SSSR count). The van der Waals surface area contributed by atoms with Crippen LogP contribution < -0.4 is 5.56 Å². The van der Waals surface area contributed by atoms with Crippen LogP contribution in [0, 0.1) is 0 Å². The molecule has 7 nitrogen and oxygen atoms in total. The van der Waals surface area contributed by atoms with E-state index in [1.54, 1.807) is 23.1 Å². The molecule has 1 aromatic carbocycles. The standard InChI is InChI=1S/C18H21N3O4/c22-16(21-8-4-3-7-15(21)18-24-9-10-25-18)11-20-12-19-14-6-2-1-5-13(14)17(20)23/h1-2,5-6,12,15,18H,3-4,7-11H2. The number of carbonyl (C=O) groups excluding carboxylic acids is 1. The lowest BCUT2D eigenvalue weighted by molar-refractivity contribution is -0.151. The molecule has 0 saturated carbocycles. The molecule has 0 bridgehead atoms. The maximum atomic E-state index is 12.9. The van der Waals surface area contributed by atoms with Crippen LogP contribution in [0.15, 0.2) is 35.4 Å². The number of benzene rings is 1. The number of fused-ring (bicyclic) bond motifs is 1. The van der Waals surface area contributed by atoms with Crippen LogP contribution in [0.25, 0.3) is 10.9 Å². The van der Waals surface area contributed by atoms with Crippen molar-refractivity contribution in [2.45, 2.75) is 38.1 Å². The number of nitrogens with zero attached hydrogens (tertiary/aromatic N) is 3. The highest BCUT2D eigenvalue weighted by Gasteiger charge is 2.36. The summed E-state index contributed by atoms with van der Waals surface area (Å²) >= 11 is 0. The van der Waals surface area contributed by atoms with E-state index < -0.39 is 0 Å². The minimum absolute atomic E-state index is 0.0140. The van der Waals surface area contributed by atoms with Crippen molar-refractivity contribution in [1.29, 1.82) is 0 Å². The fourth-order valence-electron chi connectivity index (χ4n) is 3.60. The lowest BCUT2D eigenvalue weighted by atomic mass is 10.0. The Morgan fingerprint density at radius 1 is 1.20 bits per heavy atom. The lowest BCUT2D eigenvalue weighted by Crippen LogP contribution is -2.51. The molecule has 0 radical (unpaired) electrons. The summed E-state index contributed by atoms with van der Waals surface area (Å²) in [7, 11) is 0. The van der Waals surface area contributed by atoms with Gasteiger partial charge in [-0.1, -0.05) is 12.1 Å². The van der Waals surface area contributed by atoms with Gasteiger partial charge >= 0.3 is 0 Å². The van der Waals surface area contributed by atoms with Gasteiger partial charge < -0.3 is 14.4 Å². The Morgan fingerprint density at radius 3 is 2.84 bits per heavy atom. The first kappa shape index (κ1) is 16.2. The molecule has 2 aliphatic heterocycles. The number of carbonyl (C=O) groups is 1. The van der Waals surface area contributed by atoms with Gasteiger partial charge in [0.05, 0.1) is 36.5 Å². The summed E-state index contributed by atoms with van der Waals surface area (Å²) in [6.07, 6.45) is 3.97. The quantitative estimate of drug-likeness (QED) is 0.836. The van der Waals surface area contributed by atoms with Gasteiger partial charge in [0.2, 0.25) is 5.91 Å². The third-order valence-electron chi connectivity index (χ3n) is 4.87. The van der Waals surface area contributed by atoms with Crippen molar-refractivity contribution in [2.75, 3.05) is 19.8 Å². The van der Waals surface area contributed by atoms with Crippen LogP contribution in [0.1, 0.15) is 19.3 Å². The molecule has 2 aromatic rings. The zero-order valence-corrected chi connectivity index (χ0v) is 14.0. The number of likely N-dealkylation sites (tertiary alicyclic amines) is 1. The molecule has 25 heavy (non-hydrogen) atoms. The summed E-state index contributed by atoms with van der Waals surface area (Å²) in [5.74, 6) is -0.0945. The molecular formula is C18H21N3O4. The Morgan fingerprint density at radius 2 is 2.00 bits per heavy atom. The number of aromatic nitrogens is 2. The molecule has 0 spiro atoms. The highest BCUT2D eigenvalue weighted by molar-refractivity contribution is 5.79. The van der Waals surface area contributed by atoms with E-state index in [9.17, 15) is 9.59 Å². The number of para-hydroxylation sites is 1. The van der Waals surface area contributed by atoms with Crippen molar-refractivity contribution in [1.82, 2.24) is 14.5 Å². The topological polar surface area (TPSA) is 73.7 Å². The summed E-state index contributed by atoms with van der Waals surface area (Å²) < 4.78 is 12.6. The smallest absolute Gasteiger partial charge is 0.261 e. The number of piperidine rings is 1. The van der Waals surface area contributed by atoms with E-state index in [0.29, 0.717) is 30.7 Å². The third-order valence-corrected chi connectivity index (χ3v) is 4.87. The van der Waals surface area contributed by atoms with Gasteiger partial charge in [0.1, 0.15) is 6.54 Å². The zero-order chi connectivity index (χ0) is 17.2. The molecule has 132 valence electrons. The van der Waals surface area contributed by atoms with Gasteiger partial charge in [0, 0.05) is 6.54 Å². The Hall–Kier alpha value is -2.25. The van der Waals surface area contributed by atoms with Gasteiger partial charge in [-0.25, -0.2) is 4.98 Å². The molecule has 0 N–H and O–H groups in total. The van der Waals surface area contributed by atoms with Gasteiger partial charge in [-0.3, -0.25) is 14.2 Å². The highest BCUT2D eigenvalue weighted by atomic mass is 16.7. The van der Waals surface area contributed by atoms with Gasteiger partial charge in [-0.15, -0.1) is 0 Å². The first-order chi connectivity index (χ1) is 12.2. The van der Waals surface area contributed by atoms with E-state index in [-0.39, 0.29) is 30.3 Å². The Balaban J connectivity index is 1.56. The predicted molar refractivity (Wildman–Crippen MR) is 91.0 cm³/mol. The second kappa shape index (κ2) is 6.93. The van der Waals surface area contributed by atoms with Crippen molar-refractivity contribution in [3.63, 3.8) is 0 Å². The van der Waals surface area contributed by atoms with E-state index >= 15 is 0 Å². The van der Waals surface area contributed by atoms with Gasteiger partial charge in [0.25, 0.3) is 5.56 Å². The maximum Gasteiger partial charge on any atom is 0.261 e. The molecule has 7 heteroatoms. The third kappa shape index (κ3) is 3.17. The molecule has 1 aromatic heterocycles. The SMILES string of the molecule is O=C(Cn1cnc2ccccc2c1=O)N1CCCCC1C1OCCO1. The first-order valence-electron chi connectivity index (χ1n) is 8.71. The van der Waals surface area contributed by atoms with Crippen molar-refractivity contribution < 1.29 is 14.3 Å². The molecule has 0 aliphatic carbocycles. The normalized spacial score (nSPS) is 21.8. The van der Waals surface area contributed by atoms with Crippen LogP contribution in [-0.4, -0.2) is 52.4 Å². The number of amides is 1.